The minimum Gasteiger partial charge on any atom is -0.379 e. The van der Waals surface area contributed by atoms with Crippen LogP contribution in [0.3, 0.4) is 0 Å². The summed E-state index contributed by atoms with van der Waals surface area (Å²) in [7, 11) is 0. The summed E-state index contributed by atoms with van der Waals surface area (Å²) in [6.07, 6.45) is 0. The molecule has 0 amide bonds. The standard InChI is InChI=1S/C16H23N5O/c1-13(2)15(20-8-10-22-11-9-20)16-17-18-19-21(16)12-14-6-4-3-5-7-14/h3-7,13,15H,8-12H2,1-2H3. The maximum atomic E-state index is 5.47. The Morgan fingerprint density at radius 2 is 1.86 bits per heavy atom. The number of nitrogens with zero attached hydrogens (tertiary/aromatic N) is 5. The van der Waals surface area contributed by atoms with Crippen molar-refractivity contribution < 1.29 is 4.74 Å². The molecule has 6 nitrogen and oxygen atoms in total. The molecule has 1 aromatic carbocycles. The number of hydrogen-bond donors (Lipinski definition) is 0. The van der Waals surface area contributed by atoms with Crippen LogP contribution in [0.1, 0.15) is 31.3 Å². The zero-order valence-corrected chi connectivity index (χ0v) is 13.2. The van der Waals surface area contributed by atoms with Crippen molar-refractivity contribution in [3.63, 3.8) is 0 Å². The summed E-state index contributed by atoms with van der Waals surface area (Å²) in [6.45, 7) is 8.58. The Hall–Kier alpha value is -1.79. The summed E-state index contributed by atoms with van der Waals surface area (Å²) in [6, 6.07) is 10.5. The first kappa shape index (κ1) is 15.1. The number of tetrazole rings is 1. The molecule has 0 spiro atoms. The van der Waals surface area contributed by atoms with Crippen LogP contribution in [0.15, 0.2) is 30.3 Å². The number of morpholine rings is 1. The van der Waals surface area contributed by atoms with Crippen molar-refractivity contribution in [3.05, 3.63) is 41.7 Å². The molecule has 0 aliphatic carbocycles. The van der Waals surface area contributed by atoms with Crippen molar-refractivity contribution in [1.29, 1.82) is 0 Å². The van der Waals surface area contributed by atoms with Gasteiger partial charge in [-0.25, -0.2) is 4.68 Å². The monoisotopic (exact) mass is 301 g/mol. The van der Waals surface area contributed by atoms with Crippen LogP contribution >= 0.6 is 0 Å². The second kappa shape index (κ2) is 6.98. The van der Waals surface area contributed by atoms with Crippen LogP contribution in [0, 0.1) is 5.92 Å². The molecule has 1 aliphatic heterocycles. The van der Waals surface area contributed by atoms with Crippen LogP contribution < -0.4 is 0 Å². The van der Waals surface area contributed by atoms with Crippen molar-refractivity contribution in [3.8, 4) is 0 Å². The summed E-state index contributed by atoms with van der Waals surface area (Å²) in [5.74, 6) is 1.39. The van der Waals surface area contributed by atoms with Gasteiger partial charge in [0.25, 0.3) is 0 Å². The predicted octanol–water partition coefficient (Wildman–Crippen LogP) is 1.75. The SMILES string of the molecule is CC(C)C(c1nnnn1Cc1ccccc1)N1CCOCC1. The van der Waals surface area contributed by atoms with E-state index in [0.29, 0.717) is 12.5 Å². The van der Waals surface area contributed by atoms with Gasteiger partial charge in [-0.3, -0.25) is 4.90 Å². The average molecular weight is 301 g/mol. The van der Waals surface area contributed by atoms with E-state index in [1.807, 2.05) is 22.9 Å². The minimum atomic E-state index is 0.225. The highest BCUT2D eigenvalue weighted by molar-refractivity contribution is 5.15. The third-order valence-electron chi connectivity index (χ3n) is 4.07. The molecule has 1 saturated heterocycles. The van der Waals surface area contributed by atoms with Crippen LogP contribution in [0.4, 0.5) is 0 Å². The molecule has 0 saturated carbocycles. The van der Waals surface area contributed by atoms with Crippen LogP contribution in [0.25, 0.3) is 0 Å². The van der Waals surface area contributed by atoms with Crippen molar-refractivity contribution in [2.75, 3.05) is 26.3 Å². The van der Waals surface area contributed by atoms with Gasteiger partial charge in [-0.2, -0.15) is 0 Å². The fourth-order valence-corrected chi connectivity index (χ4v) is 3.03. The first-order chi connectivity index (χ1) is 10.8. The normalized spacial score (nSPS) is 17.8. The van der Waals surface area contributed by atoms with Gasteiger partial charge in [-0.05, 0) is 21.9 Å². The van der Waals surface area contributed by atoms with E-state index >= 15 is 0 Å². The highest BCUT2D eigenvalue weighted by Crippen LogP contribution is 2.27. The molecule has 0 radical (unpaired) electrons. The molecular formula is C16H23N5O. The highest BCUT2D eigenvalue weighted by Gasteiger charge is 2.30. The molecule has 2 heterocycles. The quantitative estimate of drug-likeness (QED) is 0.842. The maximum Gasteiger partial charge on any atom is 0.169 e. The van der Waals surface area contributed by atoms with Crippen LogP contribution in [0.5, 0.6) is 0 Å². The Morgan fingerprint density at radius 1 is 1.14 bits per heavy atom. The second-order valence-electron chi connectivity index (χ2n) is 6.02. The molecule has 0 bridgehead atoms. The summed E-state index contributed by atoms with van der Waals surface area (Å²) < 4.78 is 7.40. The molecule has 6 heteroatoms. The number of aromatic nitrogens is 4. The van der Waals surface area contributed by atoms with Crippen LogP contribution in [-0.2, 0) is 11.3 Å². The average Bonchev–Trinajstić information content (AvgIpc) is 2.97. The lowest BCUT2D eigenvalue weighted by atomic mass is 10.0. The molecule has 1 atom stereocenters. The lowest BCUT2D eigenvalue weighted by molar-refractivity contribution is 0.00235. The van der Waals surface area contributed by atoms with Gasteiger partial charge in [0.15, 0.2) is 5.82 Å². The lowest BCUT2D eigenvalue weighted by Crippen LogP contribution is -2.42. The molecule has 1 fully saturated rings. The third kappa shape index (κ3) is 3.34. The van der Waals surface area contributed by atoms with Gasteiger partial charge >= 0.3 is 0 Å². The Kier molecular flexibility index (Phi) is 4.80. The molecule has 22 heavy (non-hydrogen) atoms. The molecule has 1 aromatic heterocycles. The van der Waals surface area contributed by atoms with E-state index < -0.39 is 0 Å². The Balaban J connectivity index is 1.84. The van der Waals surface area contributed by atoms with Gasteiger partial charge < -0.3 is 4.74 Å². The van der Waals surface area contributed by atoms with Crippen molar-refractivity contribution in [2.24, 2.45) is 5.92 Å². The highest BCUT2D eigenvalue weighted by atomic mass is 16.5. The second-order valence-corrected chi connectivity index (χ2v) is 6.02. The van der Waals surface area contributed by atoms with Gasteiger partial charge in [-0.15, -0.1) is 5.10 Å². The first-order valence-corrected chi connectivity index (χ1v) is 7.87. The Labute approximate surface area is 131 Å². The molecule has 3 rings (SSSR count). The van der Waals surface area contributed by atoms with Crippen molar-refractivity contribution in [1.82, 2.24) is 25.1 Å². The smallest absolute Gasteiger partial charge is 0.169 e. The van der Waals surface area contributed by atoms with Gasteiger partial charge in [0.05, 0.1) is 25.8 Å². The minimum absolute atomic E-state index is 0.225. The molecule has 1 aliphatic rings. The van der Waals surface area contributed by atoms with Gasteiger partial charge in [0.2, 0.25) is 0 Å². The fourth-order valence-electron chi connectivity index (χ4n) is 3.03. The van der Waals surface area contributed by atoms with E-state index in [2.05, 4.69) is 46.4 Å². The summed E-state index contributed by atoms with van der Waals surface area (Å²) in [5, 5.41) is 12.5. The number of benzene rings is 1. The predicted molar refractivity (Wildman–Crippen MR) is 83.3 cm³/mol. The molecule has 2 aromatic rings. The van der Waals surface area contributed by atoms with Crippen molar-refractivity contribution in [2.45, 2.75) is 26.4 Å². The summed E-state index contributed by atoms with van der Waals surface area (Å²) in [5.41, 5.74) is 1.21. The third-order valence-corrected chi connectivity index (χ3v) is 4.07. The van der Waals surface area contributed by atoms with E-state index in [1.165, 1.54) is 5.56 Å². The zero-order valence-electron chi connectivity index (χ0n) is 13.2. The van der Waals surface area contributed by atoms with E-state index in [0.717, 1.165) is 32.1 Å². The summed E-state index contributed by atoms with van der Waals surface area (Å²) in [4.78, 5) is 2.43. The van der Waals surface area contributed by atoms with E-state index in [1.54, 1.807) is 0 Å². The summed E-state index contributed by atoms with van der Waals surface area (Å²) >= 11 is 0. The largest absolute Gasteiger partial charge is 0.379 e. The van der Waals surface area contributed by atoms with Gasteiger partial charge in [0.1, 0.15) is 0 Å². The van der Waals surface area contributed by atoms with Gasteiger partial charge in [0, 0.05) is 13.1 Å². The number of ether oxygens (including phenoxy) is 1. The molecular weight excluding hydrogens is 278 g/mol. The maximum absolute atomic E-state index is 5.47. The Morgan fingerprint density at radius 3 is 2.55 bits per heavy atom. The van der Waals surface area contributed by atoms with Crippen LogP contribution in [0.2, 0.25) is 0 Å². The topological polar surface area (TPSA) is 56.1 Å². The van der Waals surface area contributed by atoms with E-state index in [9.17, 15) is 0 Å². The number of rotatable bonds is 5. The van der Waals surface area contributed by atoms with E-state index in [4.69, 9.17) is 4.74 Å². The van der Waals surface area contributed by atoms with E-state index in [-0.39, 0.29) is 6.04 Å². The first-order valence-electron chi connectivity index (χ1n) is 7.87. The fraction of sp³-hybridized carbons (Fsp3) is 0.562. The zero-order chi connectivity index (χ0) is 15.4. The lowest BCUT2D eigenvalue weighted by Gasteiger charge is -2.35. The van der Waals surface area contributed by atoms with Crippen LogP contribution in [-0.4, -0.2) is 51.4 Å². The van der Waals surface area contributed by atoms with Crippen molar-refractivity contribution >= 4 is 0 Å². The molecule has 0 N–H and O–H groups in total. The van der Waals surface area contributed by atoms with Gasteiger partial charge in [-0.1, -0.05) is 44.2 Å². The molecule has 1 unspecified atom stereocenters. The Bertz CT molecular complexity index is 577. The number of hydrogen-bond acceptors (Lipinski definition) is 5. The molecule has 118 valence electrons.